The van der Waals surface area contributed by atoms with Crippen LogP contribution in [0.4, 0.5) is 0 Å². The summed E-state index contributed by atoms with van der Waals surface area (Å²) in [5.41, 5.74) is 0. The maximum Gasteiger partial charge on any atom is 0.108 e. The van der Waals surface area contributed by atoms with E-state index in [4.69, 9.17) is 37.9 Å². The second kappa shape index (κ2) is 22.1. The number of rotatable bonds is 0. The van der Waals surface area contributed by atoms with Crippen molar-refractivity contribution in [1.29, 1.82) is 0 Å². The van der Waals surface area contributed by atoms with E-state index >= 15 is 0 Å². The predicted molar refractivity (Wildman–Crippen MR) is 156 cm³/mol. The lowest BCUT2D eigenvalue weighted by Gasteiger charge is -2.08. The van der Waals surface area contributed by atoms with E-state index in [0.29, 0.717) is 106 Å². The first kappa shape index (κ1) is 31.9. The number of hydrogen-bond acceptors (Lipinski definition) is 12. The molecule has 0 aromatic rings. The Labute approximate surface area is 242 Å². The molecular weight excluding hydrogens is 569 g/mol. The standard InChI is InChI=1S/C26H34O8S4/c1-2-4-6-28-8-10-30-12-14-32-16-18-34-20-24-22-36-26(38-24)25-35-21-23(37-25)19-33-17-15-31-13-11-29-9-7-27-5-3-1/h21-22H,5-20H2/b26-25+. The summed E-state index contributed by atoms with van der Waals surface area (Å²) >= 11 is 7.07. The molecule has 3 aliphatic heterocycles. The molecule has 0 spiro atoms. The molecule has 8 nitrogen and oxygen atoms in total. The third kappa shape index (κ3) is 15.3. The number of hydrogen-bond donors (Lipinski definition) is 0. The van der Waals surface area contributed by atoms with Crippen molar-refractivity contribution in [3.8, 4) is 23.7 Å². The van der Waals surface area contributed by atoms with Gasteiger partial charge in [0.15, 0.2) is 0 Å². The minimum atomic E-state index is 0.316. The van der Waals surface area contributed by atoms with E-state index in [9.17, 15) is 0 Å². The van der Waals surface area contributed by atoms with Gasteiger partial charge in [0.05, 0.1) is 101 Å². The molecule has 0 atom stereocenters. The van der Waals surface area contributed by atoms with Crippen LogP contribution in [-0.4, -0.2) is 106 Å². The van der Waals surface area contributed by atoms with Crippen molar-refractivity contribution in [2.45, 2.75) is 0 Å². The highest BCUT2D eigenvalue weighted by Gasteiger charge is 2.22. The normalized spacial score (nSPS) is 25.1. The van der Waals surface area contributed by atoms with Crippen LogP contribution in [0.2, 0.25) is 0 Å². The maximum absolute atomic E-state index is 5.76. The highest BCUT2D eigenvalue weighted by Crippen LogP contribution is 2.55. The molecular formula is C26H34O8S4. The second-order valence-electron chi connectivity index (χ2n) is 7.45. The van der Waals surface area contributed by atoms with Crippen molar-refractivity contribution in [2.75, 3.05) is 106 Å². The van der Waals surface area contributed by atoms with Gasteiger partial charge in [-0.05, 0) is 22.7 Å². The molecule has 0 amide bonds. The summed E-state index contributed by atoms with van der Waals surface area (Å²) < 4.78 is 47.0. The fourth-order valence-electron chi connectivity index (χ4n) is 2.75. The Morgan fingerprint density at radius 3 is 1.18 bits per heavy atom. The molecule has 0 N–H and O–H groups in total. The van der Waals surface area contributed by atoms with Crippen molar-refractivity contribution in [3.63, 3.8) is 0 Å². The first-order valence-electron chi connectivity index (χ1n) is 12.3. The van der Waals surface area contributed by atoms with Gasteiger partial charge in [-0.3, -0.25) is 0 Å². The zero-order valence-electron chi connectivity index (χ0n) is 21.4. The maximum atomic E-state index is 5.76. The van der Waals surface area contributed by atoms with E-state index in [2.05, 4.69) is 34.5 Å². The van der Waals surface area contributed by atoms with Crippen LogP contribution in [-0.2, 0) is 37.9 Å². The molecule has 3 heterocycles. The summed E-state index contributed by atoms with van der Waals surface area (Å²) in [4.78, 5) is 2.43. The predicted octanol–water partition coefficient (Wildman–Crippen LogP) is 3.91. The molecule has 0 saturated heterocycles. The van der Waals surface area contributed by atoms with E-state index in [1.54, 1.807) is 47.0 Å². The van der Waals surface area contributed by atoms with Gasteiger partial charge in [0.25, 0.3) is 0 Å². The Morgan fingerprint density at radius 1 is 0.447 bits per heavy atom. The van der Waals surface area contributed by atoms with Crippen LogP contribution in [0.25, 0.3) is 0 Å². The van der Waals surface area contributed by atoms with Crippen LogP contribution < -0.4 is 0 Å². The van der Waals surface area contributed by atoms with Gasteiger partial charge in [-0.1, -0.05) is 58.9 Å². The van der Waals surface area contributed by atoms with Gasteiger partial charge >= 0.3 is 0 Å². The fraction of sp³-hybridized carbons (Fsp3) is 0.615. The lowest BCUT2D eigenvalue weighted by Crippen LogP contribution is -2.12. The van der Waals surface area contributed by atoms with Crippen molar-refractivity contribution < 1.29 is 37.9 Å². The average molecular weight is 603 g/mol. The topological polar surface area (TPSA) is 73.8 Å². The summed E-state index contributed by atoms with van der Waals surface area (Å²) in [7, 11) is 0. The van der Waals surface area contributed by atoms with E-state index in [1.807, 2.05) is 0 Å². The van der Waals surface area contributed by atoms with Crippen LogP contribution >= 0.6 is 47.0 Å². The summed E-state index contributed by atoms with van der Waals surface area (Å²) in [5, 5.41) is 4.33. The monoisotopic (exact) mass is 602 g/mol. The molecule has 0 aromatic carbocycles. The Kier molecular flexibility index (Phi) is 18.6. The smallest absolute Gasteiger partial charge is 0.108 e. The molecule has 0 unspecified atom stereocenters. The number of ether oxygens (including phenoxy) is 8. The highest BCUT2D eigenvalue weighted by molar-refractivity contribution is 8.33. The molecule has 210 valence electrons. The molecule has 0 radical (unpaired) electrons. The molecule has 0 saturated carbocycles. The molecule has 4 bridgehead atoms. The van der Waals surface area contributed by atoms with Gasteiger partial charge < -0.3 is 37.9 Å². The Bertz CT molecular complexity index is 828. The van der Waals surface area contributed by atoms with Crippen molar-refractivity contribution in [2.24, 2.45) is 0 Å². The number of fused-ring (bicyclic) bond motifs is 4. The van der Waals surface area contributed by atoms with Crippen molar-refractivity contribution in [1.82, 2.24) is 0 Å². The van der Waals surface area contributed by atoms with Crippen LogP contribution in [0.1, 0.15) is 0 Å². The Morgan fingerprint density at radius 2 is 0.789 bits per heavy atom. The molecule has 0 fully saturated rings. The first-order valence-corrected chi connectivity index (χ1v) is 15.7. The Balaban J connectivity index is 1.31. The summed E-state index contributed by atoms with van der Waals surface area (Å²) in [6.45, 7) is 8.03. The van der Waals surface area contributed by atoms with Crippen LogP contribution in [0, 0.1) is 23.7 Å². The van der Waals surface area contributed by atoms with Crippen molar-refractivity contribution >= 4 is 47.0 Å². The Hall–Kier alpha value is -0.580. The molecule has 12 heteroatoms. The van der Waals surface area contributed by atoms with Gasteiger partial charge in [0.1, 0.15) is 13.2 Å². The zero-order valence-corrected chi connectivity index (χ0v) is 24.6. The molecule has 0 aromatic heterocycles. The fourth-order valence-corrected chi connectivity index (χ4v) is 7.55. The molecule has 3 aliphatic rings. The number of thioether (sulfide) groups is 4. The molecule has 0 aliphatic carbocycles. The third-order valence-corrected chi connectivity index (χ3v) is 9.83. The zero-order chi connectivity index (χ0) is 26.4. The molecule has 3 rings (SSSR count). The van der Waals surface area contributed by atoms with E-state index in [-0.39, 0.29) is 0 Å². The van der Waals surface area contributed by atoms with Gasteiger partial charge in [-0.2, -0.15) is 0 Å². The van der Waals surface area contributed by atoms with Gasteiger partial charge in [-0.25, -0.2) is 0 Å². The van der Waals surface area contributed by atoms with Crippen LogP contribution in [0.3, 0.4) is 0 Å². The van der Waals surface area contributed by atoms with Crippen LogP contribution in [0.15, 0.2) is 29.1 Å². The van der Waals surface area contributed by atoms with E-state index < -0.39 is 0 Å². The minimum Gasteiger partial charge on any atom is -0.377 e. The highest BCUT2D eigenvalue weighted by atomic mass is 32.2. The van der Waals surface area contributed by atoms with Crippen LogP contribution in [0.5, 0.6) is 0 Å². The SMILES string of the molecule is C1#CCOCCOCCOCCOCC2=CS/C(=C3/SC=C(COCCOCCOCCOCC#C1)S3)S2. The average Bonchev–Trinajstić information content (AvgIpc) is 3.59. The van der Waals surface area contributed by atoms with Gasteiger partial charge in [-0.15, -0.1) is 0 Å². The summed E-state index contributed by atoms with van der Waals surface area (Å²) in [6.07, 6.45) is 0. The molecule has 38 heavy (non-hydrogen) atoms. The van der Waals surface area contributed by atoms with Gasteiger partial charge in [0, 0.05) is 9.81 Å². The van der Waals surface area contributed by atoms with E-state index in [0.717, 1.165) is 0 Å². The summed E-state index contributed by atoms with van der Waals surface area (Å²) in [6, 6.07) is 0. The third-order valence-electron chi connectivity index (χ3n) is 4.52. The minimum absolute atomic E-state index is 0.316. The lowest BCUT2D eigenvalue weighted by molar-refractivity contribution is 0.00421. The van der Waals surface area contributed by atoms with Gasteiger partial charge in [0.2, 0.25) is 0 Å². The van der Waals surface area contributed by atoms with E-state index in [1.165, 1.54) is 18.3 Å². The first-order chi connectivity index (χ1) is 18.9. The van der Waals surface area contributed by atoms with Crippen molar-refractivity contribution in [3.05, 3.63) is 29.1 Å². The largest absolute Gasteiger partial charge is 0.377 e. The second-order valence-corrected chi connectivity index (χ2v) is 12.0. The lowest BCUT2D eigenvalue weighted by atomic mass is 10.5. The summed E-state index contributed by atoms with van der Waals surface area (Å²) in [5.74, 6) is 11.1. The quantitative estimate of drug-likeness (QED) is 0.378.